The minimum Gasteiger partial charge on any atom is -0.350 e. The molecule has 0 saturated heterocycles. The highest BCUT2D eigenvalue weighted by Crippen LogP contribution is 2.06. The van der Waals surface area contributed by atoms with Crippen LogP contribution in [0.15, 0.2) is 24.7 Å². The van der Waals surface area contributed by atoms with Gasteiger partial charge in [-0.25, -0.2) is 13.8 Å². The number of hydrogen-bond donors (Lipinski definition) is 2. The molecule has 2 rings (SSSR count). The van der Waals surface area contributed by atoms with Crippen molar-refractivity contribution < 1.29 is 13.6 Å². The second-order valence-corrected chi connectivity index (χ2v) is 3.87. The summed E-state index contributed by atoms with van der Waals surface area (Å²) < 4.78 is 25.8. The Labute approximate surface area is 107 Å². The molecule has 0 radical (unpaired) electrons. The molecule has 0 bridgehead atoms. The van der Waals surface area contributed by atoms with Crippen molar-refractivity contribution in [3.63, 3.8) is 0 Å². The number of alkyl halides is 2. The summed E-state index contributed by atoms with van der Waals surface area (Å²) in [6.45, 7) is -0.133. The molecule has 2 N–H and O–H groups in total. The summed E-state index contributed by atoms with van der Waals surface area (Å²) in [6.07, 6.45) is 0.845. The highest BCUT2D eigenvalue weighted by molar-refractivity contribution is 5.92. The van der Waals surface area contributed by atoms with Gasteiger partial charge >= 0.3 is 0 Å². The molecule has 0 aliphatic heterocycles. The Bertz CT molecular complexity index is 523. The molecule has 0 aromatic carbocycles. The molecule has 0 saturated carbocycles. The lowest BCUT2D eigenvalue weighted by molar-refractivity contribution is 0.0931. The van der Waals surface area contributed by atoms with Gasteiger partial charge in [-0.15, -0.1) is 0 Å². The third-order valence-corrected chi connectivity index (χ3v) is 2.51. The van der Waals surface area contributed by atoms with Gasteiger partial charge in [-0.05, 0) is 12.1 Å². The Hall–Kier alpha value is -2.25. The maximum atomic E-state index is 12.3. The lowest BCUT2D eigenvalue weighted by atomic mass is 10.3. The van der Waals surface area contributed by atoms with E-state index in [4.69, 9.17) is 0 Å². The van der Waals surface area contributed by atoms with Crippen LogP contribution in [-0.4, -0.2) is 38.6 Å². The number of carbonyl (C=O) groups is 1. The highest BCUT2D eigenvalue weighted by atomic mass is 19.3. The molecule has 0 aliphatic rings. The zero-order valence-corrected chi connectivity index (χ0v) is 10.0. The van der Waals surface area contributed by atoms with Gasteiger partial charge in [0, 0.05) is 19.2 Å². The van der Waals surface area contributed by atoms with Crippen LogP contribution in [0.1, 0.15) is 16.3 Å². The van der Waals surface area contributed by atoms with E-state index in [1.165, 1.54) is 23.2 Å². The molecule has 0 spiro atoms. The van der Waals surface area contributed by atoms with E-state index in [1.807, 2.05) is 0 Å². The van der Waals surface area contributed by atoms with E-state index in [0.717, 1.165) is 0 Å². The first kappa shape index (κ1) is 13.2. The van der Waals surface area contributed by atoms with Gasteiger partial charge in [-0.3, -0.25) is 9.89 Å². The average Bonchev–Trinajstić information content (AvgIpc) is 2.99. The molecule has 19 heavy (non-hydrogen) atoms. The number of hydrogen-bond acceptors (Lipinski definition) is 3. The largest absolute Gasteiger partial charge is 0.350 e. The monoisotopic (exact) mass is 269 g/mol. The number of nitrogens with one attached hydrogen (secondary N) is 2. The quantitative estimate of drug-likeness (QED) is 0.816. The van der Waals surface area contributed by atoms with Crippen LogP contribution in [0.2, 0.25) is 0 Å². The molecule has 0 atom stereocenters. The summed E-state index contributed by atoms with van der Waals surface area (Å²) in [7, 11) is 0. The number of rotatable bonds is 6. The Morgan fingerprint density at radius 2 is 2.37 bits per heavy atom. The van der Waals surface area contributed by atoms with Gasteiger partial charge in [-0.2, -0.15) is 5.10 Å². The SMILES string of the molecule is O=C(NCCc1ncn[nH]1)c1cccn1CC(F)F. The number of amides is 1. The normalized spacial score (nSPS) is 10.9. The van der Waals surface area contributed by atoms with Crippen molar-refractivity contribution in [2.75, 3.05) is 6.54 Å². The van der Waals surface area contributed by atoms with Crippen molar-refractivity contribution in [1.29, 1.82) is 0 Å². The van der Waals surface area contributed by atoms with E-state index in [2.05, 4.69) is 20.5 Å². The lowest BCUT2D eigenvalue weighted by Crippen LogP contribution is -2.28. The fraction of sp³-hybridized carbons (Fsp3) is 0.364. The minimum absolute atomic E-state index is 0.220. The molecule has 2 heterocycles. The smallest absolute Gasteiger partial charge is 0.267 e. The van der Waals surface area contributed by atoms with Crippen molar-refractivity contribution in [2.45, 2.75) is 19.4 Å². The first-order valence-electron chi connectivity index (χ1n) is 5.72. The number of halogens is 2. The van der Waals surface area contributed by atoms with Crippen LogP contribution in [0.3, 0.4) is 0 Å². The molecule has 0 unspecified atom stereocenters. The molecule has 8 heteroatoms. The van der Waals surface area contributed by atoms with Crippen LogP contribution in [-0.2, 0) is 13.0 Å². The van der Waals surface area contributed by atoms with Crippen LogP contribution < -0.4 is 5.32 Å². The average molecular weight is 269 g/mol. The van der Waals surface area contributed by atoms with Crippen molar-refractivity contribution >= 4 is 5.91 Å². The van der Waals surface area contributed by atoms with Crippen molar-refractivity contribution in [3.8, 4) is 0 Å². The van der Waals surface area contributed by atoms with E-state index in [-0.39, 0.29) is 11.6 Å². The van der Waals surface area contributed by atoms with E-state index < -0.39 is 13.0 Å². The topological polar surface area (TPSA) is 75.6 Å². The molecule has 2 aromatic rings. The highest BCUT2D eigenvalue weighted by Gasteiger charge is 2.13. The summed E-state index contributed by atoms with van der Waals surface area (Å²) in [5.41, 5.74) is 0.220. The lowest BCUT2D eigenvalue weighted by Gasteiger charge is -2.08. The third-order valence-electron chi connectivity index (χ3n) is 2.51. The van der Waals surface area contributed by atoms with Crippen molar-refractivity contribution in [2.24, 2.45) is 0 Å². The Morgan fingerprint density at radius 3 is 3.05 bits per heavy atom. The van der Waals surface area contributed by atoms with Gasteiger partial charge in [0.25, 0.3) is 12.3 Å². The third kappa shape index (κ3) is 3.60. The van der Waals surface area contributed by atoms with Crippen LogP contribution in [0.4, 0.5) is 8.78 Å². The van der Waals surface area contributed by atoms with Crippen molar-refractivity contribution in [1.82, 2.24) is 25.1 Å². The number of aromatic nitrogens is 4. The molecule has 2 aromatic heterocycles. The number of aromatic amines is 1. The summed E-state index contributed by atoms with van der Waals surface area (Å²) in [4.78, 5) is 15.7. The predicted molar refractivity (Wildman–Crippen MR) is 62.9 cm³/mol. The summed E-state index contributed by atoms with van der Waals surface area (Å²) in [5.74, 6) is 0.272. The van der Waals surface area contributed by atoms with Crippen LogP contribution in [0.5, 0.6) is 0 Å². The first-order chi connectivity index (χ1) is 9.16. The maximum Gasteiger partial charge on any atom is 0.267 e. The Balaban J connectivity index is 1.87. The molecule has 1 amide bonds. The predicted octanol–water partition coefficient (Wildman–Crippen LogP) is 0.844. The fourth-order valence-electron chi connectivity index (χ4n) is 1.66. The second-order valence-electron chi connectivity index (χ2n) is 3.87. The van der Waals surface area contributed by atoms with Gasteiger partial charge in [0.2, 0.25) is 0 Å². The minimum atomic E-state index is -2.49. The van der Waals surface area contributed by atoms with E-state index in [1.54, 1.807) is 6.07 Å². The second kappa shape index (κ2) is 6.07. The number of nitrogens with zero attached hydrogens (tertiary/aromatic N) is 3. The van der Waals surface area contributed by atoms with Gasteiger partial charge in [0.05, 0.1) is 6.54 Å². The Kier molecular flexibility index (Phi) is 4.22. The van der Waals surface area contributed by atoms with Gasteiger partial charge in [-0.1, -0.05) is 0 Å². The first-order valence-corrected chi connectivity index (χ1v) is 5.72. The molecule has 102 valence electrons. The number of carbonyl (C=O) groups excluding carboxylic acids is 1. The van der Waals surface area contributed by atoms with Crippen LogP contribution in [0, 0.1) is 0 Å². The molecule has 0 fully saturated rings. The van der Waals surface area contributed by atoms with Gasteiger partial charge in [0.15, 0.2) is 0 Å². The van der Waals surface area contributed by atoms with Gasteiger partial charge < -0.3 is 9.88 Å². The molecule has 0 aliphatic carbocycles. The van der Waals surface area contributed by atoms with E-state index in [9.17, 15) is 13.6 Å². The molecule has 6 nitrogen and oxygen atoms in total. The molecular weight excluding hydrogens is 256 g/mol. The maximum absolute atomic E-state index is 12.3. The summed E-state index contributed by atoms with van der Waals surface area (Å²) >= 11 is 0. The number of H-pyrrole nitrogens is 1. The zero-order chi connectivity index (χ0) is 13.7. The van der Waals surface area contributed by atoms with Crippen molar-refractivity contribution in [3.05, 3.63) is 36.2 Å². The standard InChI is InChI=1S/C11H13F2N5O/c12-9(13)6-18-5-1-2-8(18)11(19)14-4-3-10-15-7-16-17-10/h1-2,5,7,9H,3-4,6H2,(H,14,19)(H,15,16,17). The Morgan fingerprint density at radius 1 is 1.53 bits per heavy atom. The van der Waals surface area contributed by atoms with Crippen LogP contribution >= 0.6 is 0 Å². The fourth-order valence-corrected chi connectivity index (χ4v) is 1.66. The van der Waals surface area contributed by atoms with E-state index in [0.29, 0.717) is 18.8 Å². The summed E-state index contributed by atoms with van der Waals surface area (Å²) in [5, 5.41) is 8.99. The zero-order valence-electron chi connectivity index (χ0n) is 10.0. The van der Waals surface area contributed by atoms with E-state index >= 15 is 0 Å². The molecular formula is C11H13F2N5O. The summed E-state index contributed by atoms with van der Waals surface area (Å²) in [6, 6.07) is 3.07. The van der Waals surface area contributed by atoms with Gasteiger partial charge in [0.1, 0.15) is 17.8 Å². The van der Waals surface area contributed by atoms with Crippen LogP contribution in [0.25, 0.3) is 0 Å².